The number of carbonyl (C=O) groups excluding carboxylic acids is 1. The Morgan fingerprint density at radius 1 is 1.08 bits per heavy atom. The summed E-state index contributed by atoms with van der Waals surface area (Å²) >= 11 is 0. The number of rotatable bonds is 8. The van der Waals surface area contributed by atoms with E-state index in [2.05, 4.69) is 50.4 Å². The quantitative estimate of drug-likeness (QED) is 0.718. The van der Waals surface area contributed by atoms with Crippen molar-refractivity contribution in [2.45, 2.75) is 53.1 Å². The first-order valence-corrected chi connectivity index (χ1v) is 9.06. The average Bonchev–Trinajstić information content (AvgIpc) is 2.59. The van der Waals surface area contributed by atoms with E-state index in [9.17, 15) is 4.79 Å². The third kappa shape index (κ3) is 5.93. The van der Waals surface area contributed by atoms with Crippen LogP contribution in [0, 0.1) is 20.8 Å². The normalized spacial score (nSPS) is 11.8. The van der Waals surface area contributed by atoms with Crippen LogP contribution < -0.4 is 10.1 Å². The van der Waals surface area contributed by atoms with Crippen molar-refractivity contribution in [1.29, 1.82) is 0 Å². The van der Waals surface area contributed by atoms with Crippen molar-refractivity contribution in [3.05, 3.63) is 64.7 Å². The first-order valence-electron chi connectivity index (χ1n) is 9.06. The summed E-state index contributed by atoms with van der Waals surface area (Å²) in [5, 5.41) is 3.00. The lowest BCUT2D eigenvalue weighted by Crippen LogP contribution is -2.38. The summed E-state index contributed by atoms with van der Waals surface area (Å²) in [5.41, 5.74) is 4.98. The van der Waals surface area contributed by atoms with Gasteiger partial charge >= 0.3 is 0 Å². The van der Waals surface area contributed by atoms with Crippen molar-refractivity contribution in [2.75, 3.05) is 6.54 Å². The second-order valence-electron chi connectivity index (χ2n) is 6.64. The molecule has 2 rings (SSSR count). The lowest BCUT2D eigenvalue weighted by atomic mass is 10.1. The maximum absolute atomic E-state index is 12.4. The molecule has 0 radical (unpaired) electrons. The number of benzene rings is 2. The van der Waals surface area contributed by atoms with E-state index in [4.69, 9.17) is 4.74 Å². The summed E-state index contributed by atoms with van der Waals surface area (Å²) in [7, 11) is 0. The highest BCUT2D eigenvalue weighted by atomic mass is 16.5. The van der Waals surface area contributed by atoms with Crippen LogP contribution in [0.25, 0.3) is 0 Å². The zero-order valence-corrected chi connectivity index (χ0v) is 15.8. The van der Waals surface area contributed by atoms with Crippen molar-refractivity contribution in [2.24, 2.45) is 0 Å². The number of amides is 1. The van der Waals surface area contributed by atoms with Gasteiger partial charge in [-0.1, -0.05) is 42.8 Å². The van der Waals surface area contributed by atoms with Crippen LogP contribution in [-0.4, -0.2) is 18.6 Å². The molecule has 0 aliphatic carbocycles. The van der Waals surface area contributed by atoms with Gasteiger partial charge in [0, 0.05) is 6.54 Å². The van der Waals surface area contributed by atoms with Gasteiger partial charge < -0.3 is 10.1 Å². The van der Waals surface area contributed by atoms with Gasteiger partial charge in [0.1, 0.15) is 5.75 Å². The molecule has 2 aromatic carbocycles. The summed E-state index contributed by atoms with van der Waals surface area (Å²) in [4.78, 5) is 12.4. The second-order valence-corrected chi connectivity index (χ2v) is 6.64. The van der Waals surface area contributed by atoms with Crippen LogP contribution >= 0.6 is 0 Å². The van der Waals surface area contributed by atoms with Crippen LogP contribution in [0.2, 0.25) is 0 Å². The Kier molecular flexibility index (Phi) is 7.05. The average molecular weight is 339 g/mol. The summed E-state index contributed by atoms with van der Waals surface area (Å²) in [5.74, 6) is 0.717. The van der Waals surface area contributed by atoms with Gasteiger partial charge in [0.15, 0.2) is 6.10 Å². The van der Waals surface area contributed by atoms with Gasteiger partial charge in [-0.25, -0.2) is 0 Å². The Balaban J connectivity index is 1.80. The van der Waals surface area contributed by atoms with Crippen molar-refractivity contribution in [1.82, 2.24) is 5.32 Å². The molecule has 0 heterocycles. The highest BCUT2D eigenvalue weighted by Crippen LogP contribution is 2.18. The van der Waals surface area contributed by atoms with E-state index in [-0.39, 0.29) is 5.91 Å². The molecule has 134 valence electrons. The zero-order chi connectivity index (χ0) is 18.2. The van der Waals surface area contributed by atoms with Crippen molar-refractivity contribution in [3.63, 3.8) is 0 Å². The molecule has 1 amide bonds. The van der Waals surface area contributed by atoms with Crippen LogP contribution in [-0.2, 0) is 11.2 Å². The minimum absolute atomic E-state index is 0.0371. The summed E-state index contributed by atoms with van der Waals surface area (Å²) in [6, 6.07) is 14.4. The number of aryl methyl sites for hydroxylation is 4. The molecule has 1 unspecified atom stereocenters. The number of hydrogen-bond donors (Lipinski definition) is 1. The number of ether oxygens (including phenoxy) is 1. The lowest BCUT2D eigenvalue weighted by molar-refractivity contribution is -0.128. The summed E-state index contributed by atoms with van der Waals surface area (Å²) in [6.45, 7) is 8.85. The molecule has 25 heavy (non-hydrogen) atoms. The van der Waals surface area contributed by atoms with E-state index in [1.54, 1.807) is 0 Å². The molecule has 0 saturated heterocycles. The monoisotopic (exact) mass is 339 g/mol. The fraction of sp³-hybridized carbons (Fsp3) is 0.409. The first-order chi connectivity index (χ1) is 12.0. The van der Waals surface area contributed by atoms with Crippen molar-refractivity contribution < 1.29 is 9.53 Å². The zero-order valence-electron chi connectivity index (χ0n) is 15.8. The summed E-state index contributed by atoms with van der Waals surface area (Å²) < 4.78 is 5.88. The second kappa shape index (κ2) is 9.26. The Bertz CT molecular complexity index is 709. The van der Waals surface area contributed by atoms with E-state index in [0.29, 0.717) is 13.0 Å². The minimum Gasteiger partial charge on any atom is -0.481 e. The number of carbonyl (C=O) groups is 1. The van der Waals surface area contributed by atoms with Crippen LogP contribution in [0.4, 0.5) is 0 Å². The topological polar surface area (TPSA) is 38.3 Å². The number of nitrogens with one attached hydrogen (secondary N) is 1. The van der Waals surface area contributed by atoms with Crippen LogP contribution in [0.1, 0.15) is 42.0 Å². The van der Waals surface area contributed by atoms with Gasteiger partial charge in [-0.3, -0.25) is 4.79 Å². The van der Waals surface area contributed by atoms with Crippen molar-refractivity contribution in [3.8, 4) is 5.75 Å². The molecule has 1 N–H and O–H groups in total. The Morgan fingerprint density at radius 2 is 1.88 bits per heavy atom. The molecule has 2 aromatic rings. The molecule has 0 bridgehead atoms. The highest BCUT2D eigenvalue weighted by molar-refractivity contribution is 5.81. The molecule has 0 spiro atoms. The SMILES string of the molecule is CCC(Oc1ccc(C)c(C)c1)C(=O)NCCCc1cccc(C)c1. The molecule has 1 atom stereocenters. The largest absolute Gasteiger partial charge is 0.481 e. The fourth-order valence-electron chi connectivity index (χ4n) is 2.76. The maximum atomic E-state index is 12.4. The van der Waals surface area contributed by atoms with Gasteiger partial charge in [-0.15, -0.1) is 0 Å². The fourth-order valence-corrected chi connectivity index (χ4v) is 2.76. The third-order valence-corrected chi connectivity index (χ3v) is 4.44. The van der Waals surface area contributed by atoms with Crippen LogP contribution in [0.5, 0.6) is 5.75 Å². The van der Waals surface area contributed by atoms with Gasteiger partial charge in [0.2, 0.25) is 0 Å². The van der Waals surface area contributed by atoms with Gasteiger partial charge in [0.25, 0.3) is 5.91 Å². The van der Waals surface area contributed by atoms with E-state index < -0.39 is 6.10 Å². The van der Waals surface area contributed by atoms with E-state index in [1.807, 2.05) is 25.1 Å². The maximum Gasteiger partial charge on any atom is 0.261 e. The molecule has 3 heteroatoms. The van der Waals surface area contributed by atoms with E-state index >= 15 is 0 Å². The molecular formula is C22H29NO2. The Hall–Kier alpha value is -2.29. The molecular weight excluding hydrogens is 310 g/mol. The predicted octanol–water partition coefficient (Wildman–Crippen LogP) is 4.52. The standard InChI is InChI=1S/C22H29NO2/c1-5-21(25-20-12-11-17(3)18(4)15-20)22(24)23-13-7-10-19-9-6-8-16(2)14-19/h6,8-9,11-12,14-15,21H,5,7,10,13H2,1-4H3,(H,23,24). The van der Waals surface area contributed by atoms with Gasteiger partial charge in [-0.05, 0) is 68.9 Å². The molecule has 3 nitrogen and oxygen atoms in total. The van der Waals surface area contributed by atoms with Crippen LogP contribution in [0.15, 0.2) is 42.5 Å². The Labute approximate surface area is 151 Å². The summed E-state index contributed by atoms with van der Waals surface area (Å²) in [6.07, 6.45) is 2.10. The molecule has 0 aliphatic rings. The highest BCUT2D eigenvalue weighted by Gasteiger charge is 2.17. The van der Waals surface area contributed by atoms with Gasteiger partial charge in [0.05, 0.1) is 0 Å². The van der Waals surface area contributed by atoms with Gasteiger partial charge in [-0.2, -0.15) is 0 Å². The minimum atomic E-state index is -0.443. The first kappa shape index (κ1) is 19.0. The van der Waals surface area contributed by atoms with E-state index in [1.165, 1.54) is 22.3 Å². The van der Waals surface area contributed by atoms with E-state index in [0.717, 1.165) is 18.6 Å². The molecule has 0 aromatic heterocycles. The smallest absolute Gasteiger partial charge is 0.261 e. The predicted molar refractivity (Wildman–Crippen MR) is 103 cm³/mol. The Morgan fingerprint density at radius 3 is 2.56 bits per heavy atom. The van der Waals surface area contributed by atoms with Crippen molar-refractivity contribution >= 4 is 5.91 Å². The van der Waals surface area contributed by atoms with Crippen LogP contribution in [0.3, 0.4) is 0 Å². The molecule has 0 saturated carbocycles. The molecule has 0 fully saturated rings. The lowest BCUT2D eigenvalue weighted by Gasteiger charge is -2.18. The molecule has 0 aliphatic heterocycles. The third-order valence-electron chi connectivity index (χ3n) is 4.44. The number of hydrogen-bond acceptors (Lipinski definition) is 2.